The van der Waals surface area contributed by atoms with Crippen LogP contribution >= 0.6 is 22.9 Å². The Morgan fingerprint density at radius 2 is 2.00 bits per heavy atom. The van der Waals surface area contributed by atoms with Crippen LogP contribution in [0, 0.1) is 6.92 Å². The van der Waals surface area contributed by atoms with Gasteiger partial charge in [-0.15, -0.1) is 10.2 Å². The van der Waals surface area contributed by atoms with E-state index >= 15 is 0 Å². The van der Waals surface area contributed by atoms with Crippen LogP contribution in [0.5, 0.6) is 0 Å². The van der Waals surface area contributed by atoms with Crippen LogP contribution in [0.4, 0.5) is 17.5 Å². The van der Waals surface area contributed by atoms with Gasteiger partial charge in [0.05, 0.1) is 28.8 Å². The number of primary amides is 1. The van der Waals surface area contributed by atoms with Gasteiger partial charge in [0, 0.05) is 11.9 Å². The van der Waals surface area contributed by atoms with Crippen LogP contribution in [0.3, 0.4) is 0 Å². The predicted molar refractivity (Wildman–Crippen MR) is 129 cm³/mol. The zero-order valence-corrected chi connectivity index (χ0v) is 19.1. The Morgan fingerprint density at radius 3 is 2.64 bits per heavy atom. The van der Waals surface area contributed by atoms with Crippen molar-refractivity contribution in [3.63, 3.8) is 0 Å². The largest absolute Gasteiger partial charge is 0.394 e. The lowest BCUT2D eigenvalue weighted by Crippen LogP contribution is -2.17. The summed E-state index contributed by atoms with van der Waals surface area (Å²) < 4.78 is 0. The number of carbonyl (C=O) groups excluding carboxylic acids is 1. The van der Waals surface area contributed by atoms with Crippen LogP contribution in [-0.4, -0.2) is 37.8 Å². The second-order valence-corrected chi connectivity index (χ2v) is 8.65. The van der Waals surface area contributed by atoms with E-state index in [1.807, 2.05) is 37.3 Å². The first kappa shape index (κ1) is 22.6. The second kappa shape index (κ2) is 9.90. The monoisotopic (exact) mass is 481 g/mol. The van der Waals surface area contributed by atoms with Gasteiger partial charge in [-0.2, -0.15) is 4.98 Å². The van der Waals surface area contributed by atoms with Gasteiger partial charge in [-0.1, -0.05) is 53.3 Å². The number of aromatic nitrogens is 4. The summed E-state index contributed by atoms with van der Waals surface area (Å²) in [6, 6.07) is 13.9. The smallest absolute Gasteiger partial charge is 0.250 e. The summed E-state index contributed by atoms with van der Waals surface area (Å²) in [6.45, 7) is 1.72. The van der Waals surface area contributed by atoms with Crippen molar-refractivity contribution in [2.45, 2.75) is 13.0 Å². The number of hydrogen-bond donors (Lipinski definition) is 4. The Balaban J connectivity index is 1.69. The van der Waals surface area contributed by atoms with Gasteiger partial charge < -0.3 is 21.5 Å². The highest BCUT2D eigenvalue weighted by atomic mass is 35.5. The minimum absolute atomic E-state index is 0.143. The molecule has 1 amide bonds. The number of benzene rings is 2. The number of nitrogens with one attached hydrogen (secondary N) is 2. The van der Waals surface area contributed by atoms with Crippen LogP contribution < -0.4 is 16.4 Å². The Bertz CT molecular complexity index is 1280. The van der Waals surface area contributed by atoms with E-state index in [0.29, 0.717) is 22.1 Å². The molecule has 0 aliphatic heterocycles. The molecule has 0 saturated carbocycles. The first-order valence-corrected chi connectivity index (χ1v) is 11.1. The third-order valence-corrected chi connectivity index (χ3v) is 5.92. The van der Waals surface area contributed by atoms with Crippen molar-refractivity contribution < 1.29 is 9.90 Å². The molecule has 0 fully saturated rings. The van der Waals surface area contributed by atoms with E-state index in [-0.39, 0.29) is 23.1 Å². The summed E-state index contributed by atoms with van der Waals surface area (Å²) >= 11 is 7.56. The molecule has 2 heterocycles. The average molecular weight is 482 g/mol. The molecule has 168 valence electrons. The molecule has 2 aromatic carbocycles. The van der Waals surface area contributed by atoms with E-state index in [0.717, 1.165) is 10.6 Å². The number of aryl methyl sites for hydroxylation is 1. The Hall–Kier alpha value is -3.60. The lowest BCUT2D eigenvalue weighted by atomic mass is 10.1. The maximum Gasteiger partial charge on any atom is 0.250 e. The van der Waals surface area contributed by atoms with E-state index < -0.39 is 11.9 Å². The molecular weight excluding hydrogens is 462 g/mol. The van der Waals surface area contributed by atoms with E-state index in [4.69, 9.17) is 17.3 Å². The summed E-state index contributed by atoms with van der Waals surface area (Å²) in [5.41, 5.74) is 7.67. The fourth-order valence-electron chi connectivity index (χ4n) is 3.12. The molecule has 2 aromatic heterocycles. The third-order valence-electron chi connectivity index (χ3n) is 4.73. The molecule has 1 atom stereocenters. The number of amides is 1. The highest BCUT2D eigenvalue weighted by Gasteiger charge is 2.18. The maximum atomic E-state index is 11.4. The van der Waals surface area contributed by atoms with E-state index in [9.17, 15) is 9.90 Å². The molecule has 11 heteroatoms. The SMILES string of the molecule is Cc1nnc(-c2cnc(Nc3ccc(C(N)=O)c(Cl)c3)nc2N[C@H](CO)c2ccccc2)s1. The van der Waals surface area contributed by atoms with Gasteiger partial charge in [0.1, 0.15) is 10.8 Å². The standard InChI is InChI=1S/C22H20ClN7O2S/c1-12-29-30-21(33-12)16-10-25-22(26-14-7-8-15(19(24)32)17(23)9-14)28-20(16)27-18(11-31)13-5-3-2-4-6-13/h2-10,18,31H,11H2,1H3,(H2,24,32)(H2,25,26,27,28)/t18-/m1/s1. The topological polar surface area (TPSA) is 139 Å². The molecule has 0 aliphatic carbocycles. The van der Waals surface area contributed by atoms with Crippen molar-refractivity contribution in [3.8, 4) is 10.6 Å². The summed E-state index contributed by atoms with van der Waals surface area (Å²) in [5.74, 6) is 0.156. The minimum atomic E-state index is -0.609. The molecule has 0 bridgehead atoms. The van der Waals surface area contributed by atoms with Crippen LogP contribution in [-0.2, 0) is 0 Å². The average Bonchev–Trinajstić information content (AvgIpc) is 3.24. The van der Waals surface area contributed by atoms with Crippen molar-refractivity contribution >= 4 is 46.3 Å². The number of nitrogens with zero attached hydrogens (tertiary/aromatic N) is 4. The van der Waals surface area contributed by atoms with E-state index in [2.05, 4.69) is 30.8 Å². The summed E-state index contributed by atoms with van der Waals surface area (Å²) in [5, 5.41) is 26.3. The normalized spacial score (nSPS) is 11.7. The van der Waals surface area contributed by atoms with E-state index in [1.165, 1.54) is 17.4 Å². The molecule has 0 radical (unpaired) electrons. The minimum Gasteiger partial charge on any atom is -0.394 e. The number of carbonyl (C=O) groups is 1. The van der Waals surface area contributed by atoms with Gasteiger partial charge in [0.2, 0.25) is 11.9 Å². The van der Waals surface area contributed by atoms with E-state index in [1.54, 1.807) is 18.3 Å². The number of aliphatic hydroxyl groups is 1. The van der Waals surface area contributed by atoms with Gasteiger partial charge in [0.25, 0.3) is 0 Å². The van der Waals surface area contributed by atoms with Crippen LogP contribution in [0.1, 0.15) is 27.0 Å². The predicted octanol–water partition coefficient (Wildman–Crippen LogP) is 3.94. The number of aliphatic hydroxyl groups excluding tert-OH is 1. The van der Waals surface area contributed by atoms with Crippen molar-refractivity contribution in [1.29, 1.82) is 0 Å². The molecule has 0 unspecified atom stereocenters. The van der Waals surface area contributed by atoms with Gasteiger partial charge in [-0.05, 0) is 30.7 Å². The fourth-order valence-corrected chi connectivity index (χ4v) is 4.10. The molecule has 4 aromatic rings. The van der Waals surface area contributed by atoms with Crippen LogP contribution in [0.15, 0.2) is 54.7 Å². The van der Waals surface area contributed by atoms with Crippen molar-refractivity contribution in [2.75, 3.05) is 17.2 Å². The van der Waals surface area contributed by atoms with Crippen LogP contribution in [0.25, 0.3) is 10.6 Å². The molecule has 33 heavy (non-hydrogen) atoms. The number of rotatable bonds is 8. The Morgan fingerprint density at radius 1 is 1.21 bits per heavy atom. The highest BCUT2D eigenvalue weighted by molar-refractivity contribution is 7.14. The number of halogens is 1. The lowest BCUT2D eigenvalue weighted by Gasteiger charge is -2.19. The van der Waals surface area contributed by atoms with Gasteiger partial charge in [-0.25, -0.2) is 4.98 Å². The Labute approximate surface area is 198 Å². The van der Waals surface area contributed by atoms with Crippen molar-refractivity contribution in [2.24, 2.45) is 5.73 Å². The highest BCUT2D eigenvalue weighted by Crippen LogP contribution is 2.32. The molecule has 0 aliphatic rings. The second-order valence-electron chi connectivity index (χ2n) is 7.06. The zero-order chi connectivity index (χ0) is 23.4. The maximum absolute atomic E-state index is 11.4. The number of anilines is 3. The first-order valence-electron chi connectivity index (χ1n) is 9.91. The molecule has 0 spiro atoms. The zero-order valence-electron chi connectivity index (χ0n) is 17.5. The molecule has 0 saturated heterocycles. The van der Waals surface area contributed by atoms with Crippen LogP contribution in [0.2, 0.25) is 5.02 Å². The summed E-state index contributed by atoms with van der Waals surface area (Å²) in [4.78, 5) is 20.4. The molecular formula is C22H20ClN7O2S. The third kappa shape index (κ3) is 5.25. The molecule has 9 nitrogen and oxygen atoms in total. The quantitative estimate of drug-likeness (QED) is 0.296. The first-order chi connectivity index (χ1) is 15.9. The van der Waals surface area contributed by atoms with Gasteiger partial charge >= 0.3 is 0 Å². The molecule has 5 N–H and O–H groups in total. The van der Waals surface area contributed by atoms with Gasteiger partial charge in [0.15, 0.2) is 5.01 Å². The summed E-state index contributed by atoms with van der Waals surface area (Å²) in [7, 11) is 0. The van der Waals surface area contributed by atoms with Crippen molar-refractivity contribution in [3.05, 3.63) is 75.9 Å². The summed E-state index contributed by atoms with van der Waals surface area (Å²) in [6.07, 6.45) is 1.64. The number of hydrogen-bond acceptors (Lipinski definition) is 9. The lowest BCUT2D eigenvalue weighted by molar-refractivity contribution is 0.100. The van der Waals surface area contributed by atoms with Gasteiger partial charge in [-0.3, -0.25) is 4.79 Å². The Kier molecular flexibility index (Phi) is 6.78. The molecule has 4 rings (SSSR count). The fraction of sp³-hybridized carbons (Fsp3) is 0.136. The number of nitrogens with two attached hydrogens (primary N) is 1. The van der Waals surface area contributed by atoms with Crippen molar-refractivity contribution in [1.82, 2.24) is 20.2 Å².